The molecule has 4 nitrogen and oxygen atoms in total. The van der Waals surface area contributed by atoms with Crippen LogP contribution in [0.1, 0.15) is 19.8 Å². The lowest BCUT2D eigenvalue weighted by atomic mass is 10.1. The van der Waals surface area contributed by atoms with Crippen LogP contribution in [0.15, 0.2) is 30.3 Å². The molecule has 2 aromatic rings. The van der Waals surface area contributed by atoms with Gasteiger partial charge in [0.2, 0.25) is 0 Å². The minimum atomic E-state index is 0.315. The summed E-state index contributed by atoms with van der Waals surface area (Å²) in [7, 11) is 0. The number of nitrogens with zero attached hydrogens (tertiary/aromatic N) is 2. The van der Waals surface area contributed by atoms with Crippen LogP contribution in [-0.2, 0) is 4.74 Å². The van der Waals surface area contributed by atoms with Crippen molar-refractivity contribution in [1.29, 1.82) is 0 Å². The van der Waals surface area contributed by atoms with E-state index < -0.39 is 0 Å². The monoisotopic (exact) mass is 303 g/mol. The van der Waals surface area contributed by atoms with E-state index in [1.165, 1.54) is 16.5 Å². The van der Waals surface area contributed by atoms with Crippen molar-refractivity contribution < 1.29 is 4.74 Å². The lowest BCUT2D eigenvalue weighted by Gasteiger charge is -2.33. The van der Waals surface area contributed by atoms with Gasteiger partial charge in [0, 0.05) is 19.7 Å². The van der Waals surface area contributed by atoms with Crippen molar-refractivity contribution in [2.75, 3.05) is 30.3 Å². The quantitative estimate of drug-likeness (QED) is 0.940. The van der Waals surface area contributed by atoms with Gasteiger partial charge >= 0.3 is 0 Å². The largest absolute Gasteiger partial charge is 0.382 e. The van der Waals surface area contributed by atoms with Crippen molar-refractivity contribution in [3.05, 3.63) is 30.3 Å². The molecule has 112 valence electrons. The SMILES string of the molecule is CCOC1CCCN(c2snc(N)c2-c2ccccc2)C1. The van der Waals surface area contributed by atoms with Gasteiger partial charge in [-0.1, -0.05) is 30.3 Å². The number of benzene rings is 1. The molecule has 21 heavy (non-hydrogen) atoms. The number of nitrogens with two attached hydrogens (primary N) is 1. The van der Waals surface area contributed by atoms with Gasteiger partial charge in [-0.05, 0) is 36.9 Å². The molecule has 5 heteroatoms. The fourth-order valence-corrected chi connectivity index (χ4v) is 3.75. The molecule has 0 aliphatic carbocycles. The number of piperidine rings is 1. The molecule has 1 saturated heterocycles. The molecule has 2 heterocycles. The molecule has 1 atom stereocenters. The predicted octanol–water partition coefficient (Wildman–Crippen LogP) is 3.40. The molecule has 0 bridgehead atoms. The third kappa shape index (κ3) is 3.04. The predicted molar refractivity (Wildman–Crippen MR) is 88.8 cm³/mol. The van der Waals surface area contributed by atoms with Crippen LogP contribution in [0.2, 0.25) is 0 Å². The van der Waals surface area contributed by atoms with E-state index in [9.17, 15) is 0 Å². The molecule has 1 fully saturated rings. The minimum absolute atomic E-state index is 0.315. The molecular weight excluding hydrogens is 282 g/mol. The molecule has 1 aliphatic heterocycles. The van der Waals surface area contributed by atoms with Crippen LogP contribution in [0.5, 0.6) is 0 Å². The van der Waals surface area contributed by atoms with Gasteiger partial charge < -0.3 is 15.4 Å². The van der Waals surface area contributed by atoms with Crippen molar-refractivity contribution in [2.24, 2.45) is 0 Å². The Hall–Kier alpha value is -1.59. The van der Waals surface area contributed by atoms with Gasteiger partial charge in [-0.3, -0.25) is 0 Å². The maximum Gasteiger partial charge on any atom is 0.147 e. The zero-order valence-electron chi connectivity index (χ0n) is 12.3. The summed E-state index contributed by atoms with van der Waals surface area (Å²) in [5.74, 6) is 0.625. The summed E-state index contributed by atoms with van der Waals surface area (Å²) < 4.78 is 10.2. The number of anilines is 2. The molecular formula is C16H21N3OS. The van der Waals surface area contributed by atoms with E-state index in [1.54, 1.807) is 0 Å². The van der Waals surface area contributed by atoms with E-state index in [1.807, 2.05) is 18.2 Å². The summed E-state index contributed by atoms with van der Waals surface area (Å²) in [6.45, 7) is 4.80. The maximum absolute atomic E-state index is 6.11. The summed E-state index contributed by atoms with van der Waals surface area (Å²) >= 11 is 1.49. The first-order chi connectivity index (χ1) is 10.3. The number of aromatic nitrogens is 1. The molecule has 1 aromatic carbocycles. The lowest BCUT2D eigenvalue weighted by Crippen LogP contribution is -2.39. The molecule has 0 radical (unpaired) electrons. The summed E-state index contributed by atoms with van der Waals surface area (Å²) in [6.07, 6.45) is 2.60. The molecule has 1 aromatic heterocycles. The number of nitrogen functional groups attached to an aromatic ring is 1. The van der Waals surface area contributed by atoms with Gasteiger partial charge in [-0.15, -0.1) is 0 Å². The van der Waals surface area contributed by atoms with E-state index in [4.69, 9.17) is 10.5 Å². The first-order valence-corrected chi connectivity index (χ1v) is 8.24. The van der Waals surface area contributed by atoms with Crippen LogP contribution >= 0.6 is 11.5 Å². The second-order valence-corrected chi connectivity index (χ2v) is 6.03. The van der Waals surface area contributed by atoms with Crippen LogP contribution < -0.4 is 10.6 Å². The topological polar surface area (TPSA) is 51.4 Å². The highest BCUT2D eigenvalue weighted by Crippen LogP contribution is 2.40. The van der Waals surface area contributed by atoms with Gasteiger partial charge in [-0.2, -0.15) is 4.37 Å². The number of hydrogen-bond acceptors (Lipinski definition) is 5. The Bertz CT molecular complexity index is 582. The summed E-state index contributed by atoms with van der Waals surface area (Å²) in [5, 5.41) is 1.17. The first kappa shape index (κ1) is 14.4. The third-order valence-corrected chi connectivity index (χ3v) is 4.75. The second-order valence-electron chi connectivity index (χ2n) is 5.28. The van der Waals surface area contributed by atoms with Crippen molar-refractivity contribution in [3.8, 4) is 11.1 Å². The van der Waals surface area contributed by atoms with E-state index in [-0.39, 0.29) is 0 Å². The van der Waals surface area contributed by atoms with Crippen LogP contribution in [0.25, 0.3) is 11.1 Å². The summed E-state index contributed by atoms with van der Waals surface area (Å²) in [6, 6.07) is 10.3. The highest BCUT2D eigenvalue weighted by Gasteiger charge is 2.25. The molecule has 0 saturated carbocycles. The Balaban J connectivity index is 1.89. The molecule has 3 rings (SSSR count). The second kappa shape index (κ2) is 6.45. The average Bonchev–Trinajstić information content (AvgIpc) is 2.90. The Morgan fingerprint density at radius 3 is 2.95 bits per heavy atom. The van der Waals surface area contributed by atoms with Crippen LogP contribution in [0.4, 0.5) is 10.8 Å². The average molecular weight is 303 g/mol. The fraction of sp³-hybridized carbons (Fsp3) is 0.438. The molecule has 0 spiro atoms. The maximum atomic E-state index is 6.11. The third-order valence-electron chi connectivity index (χ3n) is 3.83. The van der Waals surface area contributed by atoms with Crippen LogP contribution in [0.3, 0.4) is 0 Å². The summed E-state index contributed by atoms with van der Waals surface area (Å²) in [5.41, 5.74) is 8.32. The number of rotatable bonds is 4. The Labute approximate surface area is 129 Å². The zero-order chi connectivity index (χ0) is 14.7. The van der Waals surface area contributed by atoms with Gasteiger partial charge in [0.1, 0.15) is 10.8 Å². The number of hydrogen-bond donors (Lipinski definition) is 1. The molecule has 1 aliphatic rings. The molecule has 1 unspecified atom stereocenters. The van der Waals surface area contributed by atoms with Crippen molar-refractivity contribution >= 4 is 22.4 Å². The van der Waals surface area contributed by atoms with E-state index >= 15 is 0 Å². The van der Waals surface area contributed by atoms with Crippen molar-refractivity contribution in [1.82, 2.24) is 4.37 Å². The van der Waals surface area contributed by atoms with E-state index in [0.717, 1.165) is 43.7 Å². The Kier molecular flexibility index (Phi) is 4.41. The van der Waals surface area contributed by atoms with E-state index in [2.05, 4.69) is 28.3 Å². The fourth-order valence-electron chi connectivity index (χ4n) is 2.88. The normalized spacial score (nSPS) is 18.9. The molecule has 0 amide bonds. The lowest BCUT2D eigenvalue weighted by molar-refractivity contribution is 0.0528. The number of ether oxygens (including phenoxy) is 1. The highest BCUT2D eigenvalue weighted by molar-refractivity contribution is 7.11. The smallest absolute Gasteiger partial charge is 0.147 e. The van der Waals surface area contributed by atoms with E-state index in [0.29, 0.717) is 11.9 Å². The van der Waals surface area contributed by atoms with Gasteiger partial charge in [0.15, 0.2) is 0 Å². The Morgan fingerprint density at radius 1 is 1.38 bits per heavy atom. The van der Waals surface area contributed by atoms with Gasteiger partial charge in [0.05, 0.1) is 11.7 Å². The first-order valence-electron chi connectivity index (χ1n) is 7.46. The Morgan fingerprint density at radius 2 is 2.19 bits per heavy atom. The van der Waals surface area contributed by atoms with Gasteiger partial charge in [0.25, 0.3) is 0 Å². The standard InChI is InChI=1S/C16H21N3OS/c1-2-20-13-9-6-10-19(11-13)16-14(15(17)18-21-16)12-7-4-3-5-8-12/h3-5,7-8,13H,2,6,9-11H2,1H3,(H2,17,18). The van der Waals surface area contributed by atoms with Gasteiger partial charge in [-0.25, -0.2) is 0 Å². The van der Waals surface area contributed by atoms with Crippen LogP contribution in [-0.4, -0.2) is 30.2 Å². The zero-order valence-corrected chi connectivity index (χ0v) is 13.1. The van der Waals surface area contributed by atoms with Crippen molar-refractivity contribution in [2.45, 2.75) is 25.9 Å². The highest BCUT2D eigenvalue weighted by atomic mass is 32.1. The van der Waals surface area contributed by atoms with Crippen LogP contribution in [0, 0.1) is 0 Å². The van der Waals surface area contributed by atoms with Crippen molar-refractivity contribution in [3.63, 3.8) is 0 Å². The molecule has 2 N–H and O–H groups in total. The summed E-state index contributed by atoms with van der Waals surface area (Å²) in [4.78, 5) is 2.38. The minimum Gasteiger partial charge on any atom is -0.382 e.